The number of hydrogen-bond donors (Lipinski definition) is 1. The van der Waals surface area contributed by atoms with Gasteiger partial charge in [0, 0.05) is 38.4 Å². The molecule has 3 rings (SSSR count). The predicted octanol–water partition coefficient (Wildman–Crippen LogP) is 2.22. The van der Waals surface area contributed by atoms with Crippen LogP contribution in [-0.4, -0.2) is 57.5 Å². The third-order valence-electron chi connectivity index (χ3n) is 4.09. The Morgan fingerprint density at radius 2 is 1.85 bits per heavy atom. The Morgan fingerprint density at radius 3 is 2.42 bits per heavy atom. The molecular formula is C18H26N6O2. The lowest BCUT2D eigenvalue weighted by atomic mass is 10.2. The average Bonchev–Trinajstić information content (AvgIpc) is 2.96. The molecule has 2 N–H and O–H groups in total. The Bertz CT molecular complexity index is 770. The van der Waals surface area contributed by atoms with Crippen LogP contribution in [0.25, 0.3) is 5.82 Å². The average molecular weight is 358 g/mol. The molecule has 0 spiro atoms. The van der Waals surface area contributed by atoms with Gasteiger partial charge in [0.15, 0.2) is 11.6 Å². The molecule has 1 aliphatic heterocycles. The predicted molar refractivity (Wildman–Crippen MR) is 101 cm³/mol. The van der Waals surface area contributed by atoms with Crippen molar-refractivity contribution >= 4 is 17.7 Å². The second-order valence-corrected chi connectivity index (χ2v) is 7.49. The summed E-state index contributed by atoms with van der Waals surface area (Å²) in [7, 11) is 0. The van der Waals surface area contributed by atoms with Gasteiger partial charge in [-0.2, -0.15) is 4.68 Å². The van der Waals surface area contributed by atoms with Crippen molar-refractivity contribution in [3.05, 3.63) is 30.0 Å². The molecule has 0 bridgehead atoms. The maximum absolute atomic E-state index is 12.2. The van der Waals surface area contributed by atoms with Gasteiger partial charge in [-0.05, 0) is 39.3 Å². The van der Waals surface area contributed by atoms with Crippen LogP contribution in [0.5, 0.6) is 0 Å². The number of nitrogen functional groups attached to an aromatic ring is 1. The van der Waals surface area contributed by atoms with Crippen molar-refractivity contribution in [1.29, 1.82) is 0 Å². The van der Waals surface area contributed by atoms with Crippen LogP contribution in [0.2, 0.25) is 0 Å². The largest absolute Gasteiger partial charge is 0.444 e. The number of piperazine rings is 1. The van der Waals surface area contributed by atoms with Gasteiger partial charge in [-0.25, -0.2) is 9.78 Å². The Kier molecular flexibility index (Phi) is 4.76. The number of pyridine rings is 1. The van der Waals surface area contributed by atoms with Crippen molar-refractivity contribution in [2.75, 3.05) is 36.8 Å². The Morgan fingerprint density at radius 1 is 1.15 bits per heavy atom. The van der Waals surface area contributed by atoms with E-state index in [4.69, 9.17) is 10.5 Å². The number of nitrogens with two attached hydrogens (primary N) is 1. The fourth-order valence-corrected chi connectivity index (χ4v) is 2.75. The lowest BCUT2D eigenvalue weighted by molar-refractivity contribution is 0.0240. The van der Waals surface area contributed by atoms with Gasteiger partial charge >= 0.3 is 6.09 Å². The first-order chi connectivity index (χ1) is 12.2. The van der Waals surface area contributed by atoms with Crippen molar-refractivity contribution in [2.24, 2.45) is 0 Å². The maximum Gasteiger partial charge on any atom is 0.410 e. The highest BCUT2D eigenvalue weighted by molar-refractivity contribution is 5.68. The van der Waals surface area contributed by atoms with Crippen LogP contribution in [-0.2, 0) is 4.74 Å². The number of ether oxygens (including phenoxy) is 1. The third kappa shape index (κ3) is 4.07. The van der Waals surface area contributed by atoms with E-state index in [2.05, 4.69) is 15.0 Å². The van der Waals surface area contributed by atoms with Crippen molar-refractivity contribution in [2.45, 2.75) is 33.3 Å². The van der Waals surface area contributed by atoms with Crippen molar-refractivity contribution in [3.8, 4) is 5.82 Å². The summed E-state index contributed by atoms with van der Waals surface area (Å²) >= 11 is 0. The molecule has 3 heterocycles. The van der Waals surface area contributed by atoms with Gasteiger partial charge in [-0.1, -0.05) is 6.07 Å². The van der Waals surface area contributed by atoms with E-state index in [0.29, 0.717) is 37.8 Å². The van der Waals surface area contributed by atoms with E-state index >= 15 is 0 Å². The van der Waals surface area contributed by atoms with E-state index in [9.17, 15) is 4.79 Å². The van der Waals surface area contributed by atoms with Crippen LogP contribution in [0.4, 0.5) is 16.4 Å². The van der Waals surface area contributed by atoms with Crippen LogP contribution < -0.4 is 10.6 Å². The monoisotopic (exact) mass is 358 g/mol. The molecule has 1 aliphatic rings. The van der Waals surface area contributed by atoms with Crippen molar-refractivity contribution in [3.63, 3.8) is 0 Å². The maximum atomic E-state index is 12.2. The van der Waals surface area contributed by atoms with Crippen LogP contribution in [0.1, 0.15) is 26.3 Å². The first-order valence-corrected chi connectivity index (χ1v) is 8.74. The molecule has 0 aromatic carbocycles. The number of amides is 1. The molecule has 2 aromatic heterocycles. The fourth-order valence-electron chi connectivity index (χ4n) is 2.75. The number of anilines is 2. The highest BCUT2D eigenvalue weighted by Gasteiger charge is 2.27. The van der Waals surface area contributed by atoms with E-state index in [1.165, 1.54) is 0 Å². The van der Waals surface area contributed by atoms with Crippen LogP contribution in [0.15, 0.2) is 24.4 Å². The minimum atomic E-state index is -0.484. The summed E-state index contributed by atoms with van der Waals surface area (Å²) in [6.07, 6.45) is 1.52. The van der Waals surface area contributed by atoms with Crippen LogP contribution in [0.3, 0.4) is 0 Å². The normalized spacial score (nSPS) is 15.2. The van der Waals surface area contributed by atoms with E-state index in [1.807, 2.05) is 45.9 Å². The molecule has 0 atom stereocenters. The molecule has 1 saturated heterocycles. The van der Waals surface area contributed by atoms with Gasteiger partial charge < -0.3 is 20.3 Å². The topological polar surface area (TPSA) is 89.5 Å². The van der Waals surface area contributed by atoms with Crippen molar-refractivity contribution < 1.29 is 9.53 Å². The summed E-state index contributed by atoms with van der Waals surface area (Å²) in [5.74, 6) is 2.01. The second kappa shape index (κ2) is 6.86. The summed E-state index contributed by atoms with van der Waals surface area (Å²) in [6.45, 7) is 10.1. The van der Waals surface area contributed by atoms with Gasteiger partial charge in [-0.3, -0.25) is 0 Å². The van der Waals surface area contributed by atoms with E-state index in [0.717, 1.165) is 11.4 Å². The van der Waals surface area contributed by atoms with E-state index in [-0.39, 0.29) is 6.09 Å². The fraction of sp³-hybridized carbons (Fsp3) is 0.500. The molecule has 8 heteroatoms. The number of nitrogens with zero attached hydrogens (tertiary/aromatic N) is 5. The zero-order valence-corrected chi connectivity index (χ0v) is 15.8. The number of rotatable bonds is 2. The van der Waals surface area contributed by atoms with E-state index < -0.39 is 5.60 Å². The van der Waals surface area contributed by atoms with Gasteiger partial charge in [0.1, 0.15) is 11.4 Å². The van der Waals surface area contributed by atoms with Gasteiger partial charge in [0.25, 0.3) is 0 Å². The summed E-state index contributed by atoms with van der Waals surface area (Å²) in [5, 5.41) is 4.58. The zero-order chi connectivity index (χ0) is 18.9. The molecule has 0 saturated carbocycles. The molecule has 26 heavy (non-hydrogen) atoms. The lowest BCUT2D eigenvalue weighted by Gasteiger charge is -2.35. The van der Waals surface area contributed by atoms with Gasteiger partial charge in [0.2, 0.25) is 0 Å². The minimum absolute atomic E-state index is 0.272. The number of carbonyl (C=O) groups is 1. The minimum Gasteiger partial charge on any atom is -0.444 e. The van der Waals surface area contributed by atoms with E-state index in [1.54, 1.807) is 15.8 Å². The molecule has 2 aromatic rings. The highest BCUT2D eigenvalue weighted by atomic mass is 16.6. The molecule has 0 aliphatic carbocycles. The number of carbonyl (C=O) groups excluding carboxylic acids is 1. The molecule has 1 amide bonds. The first-order valence-electron chi connectivity index (χ1n) is 8.74. The molecular weight excluding hydrogens is 332 g/mol. The number of aryl methyl sites for hydroxylation is 1. The Hall–Kier alpha value is -2.77. The SMILES string of the molecule is Cc1ccc(-n2nc(N3CCN(C(=O)OC(C)(C)C)CC3)cc2N)nc1. The number of hydrogen-bond acceptors (Lipinski definition) is 6. The van der Waals surface area contributed by atoms with Gasteiger partial charge in [-0.15, -0.1) is 5.10 Å². The molecule has 0 radical (unpaired) electrons. The smallest absolute Gasteiger partial charge is 0.410 e. The molecule has 8 nitrogen and oxygen atoms in total. The van der Waals surface area contributed by atoms with Crippen LogP contribution >= 0.6 is 0 Å². The molecule has 0 unspecified atom stereocenters. The first kappa shape index (κ1) is 18.0. The quantitative estimate of drug-likeness (QED) is 0.885. The van der Waals surface area contributed by atoms with Crippen LogP contribution in [0, 0.1) is 6.92 Å². The van der Waals surface area contributed by atoms with Gasteiger partial charge in [0.05, 0.1) is 0 Å². The lowest BCUT2D eigenvalue weighted by Crippen LogP contribution is -2.50. The number of aromatic nitrogens is 3. The molecule has 140 valence electrons. The third-order valence-corrected chi connectivity index (χ3v) is 4.09. The summed E-state index contributed by atoms with van der Waals surface area (Å²) in [5.41, 5.74) is 6.71. The summed E-state index contributed by atoms with van der Waals surface area (Å²) in [6, 6.07) is 5.70. The standard InChI is InChI=1S/C18H26N6O2/c1-13-5-6-15(20-12-13)24-14(19)11-16(21-24)22-7-9-23(10-8-22)17(25)26-18(2,3)4/h5-6,11-12H,7-10,19H2,1-4H3. The zero-order valence-electron chi connectivity index (χ0n) is 15.8. The second-order valence-electron chi connectivity index (χ2n) is 7.49. The molecule has 1 fully saturated rings. The Balaban J connectivity index is 1.66. The van der Waals surface area contributed by atoms with Crippen molar-refractivity contribution in [1.82, 2.24) is 19.7 Å². The summed E-state index contributed by atoms with van der Waals surface area (Å²) < 4.78 is 7.06. The summed E-state index contributed by atoms with van der Waals surface area (Å²) in [4.78, 5) is 20.4. The Labute approximate surface area is 153 Å². The highest BCUT2D eigenvalue weighted by Crippen LogP contribution is 2.21.